The lowest BCUT2D eigenvalue weighted by molar-refractivity contribution is 0.450. The predicted octanol–water partition coefficient (Wildman–Crippen LogP) is 4.36. The van der Waals surface area contributed by atoms with E-state index in [0.29, 0.717) is 11.8 Å². The van der Waals surface area contributed by atoms with Crippen molar-refractivity contribution in [2.75, 3.05) is 0 Å². The van der Waals surface area contributed by atoms with Gasteiger partial charge in [0.05, 0.1) is 11.6 Å². The number of hydrogen-bond acceptors (Lipinski definition) is 1. The van der Waals surface area contributed by atoms with Crippen molar-refractivity contribution in [2.24, 2.45) is 0 Å². The second-order valence-electron chi connectivity index (χ2n) is 5.75. The molecule has 1 aliphatic carbocycles. The van der Waals surface area contributed by atoms with Crippen LogP contribution in [0.15, 0.2) is 24.3 Å². The zero-order valence-corrected chi connectivity index (χ0v) is 13.0. The lowest BCUT2D eigenvalue weighted by atomic mass is 9.83. The predicted molar refractivity (Wildman–Crippen MR) is 83.4 cm³/mol. The summed E-state index contributed by atoms with van der Waals surface area (Å²) in [6, 6.07) is 8.86. The van der Waals surface area contributed by atoms with Crippen molar-refractivity contribution in [3.8, 4) is 0 Å². The molecule has 0 radical (unpaired) electrons. The summed E-state index contributed by atoms with van der Waals surface area (Å²) in [5, 5.41) is 4.68. The first-order valence-electron chi connectivity index (χ1n) is 7.37. The quantitative estimate of drug-likeness (QED) is 0.768. The van der Waals surface area contributed by atoms with Crippen LogP contribution in [0.1, 0.15) is 46.8 Å². The Hall–Kier alpha value is -1.28. The summed E-state index contributed by atoms with van der Waals surface area (Å²) in [4.78, 5) is 0. The van der Waals surface area contributed by atoms with Crippen LogP contribution < -0.4 is 0 Å². The Kier molecular flexibility index (Phi) is 3.84. The van der Waals surface area contributed by atoms with E-state index in [4.69, 9.17) is 11.6 Å². The highest BCUT2D eigenvalue weighted by Gasteiger charge is 2.22. The zero-order valence-electron chi connectivity index (χ0n) is 12.2. The summed E-state index contributed by atoms with van der Waals surface area (Å²) in [7, 11) is 0. The molecule has 1 atom stereocenters. The van der Waals surface area contributed by atoms with E-state index in [0.717, 1.165) is 12.2 Å². The largest absolute Gasteiger partial charge is 0.269 e. The molecule has 1 aromatic carbocycles. The van der Waals surface area contributed by atoms with Crippen molar-refractivity contribution < 1.29 is 0 Å². The van der Waals surface area contributed by atoms with Crippen molar-refractivity contribution in [3.05, 3.63) is 52.3 Å². The summed E-state index contributed by atoms with van der Waals surface area (Å²) in [6.07, 6.45) is 3.76. The number of alkyl halides is 1. The van der Waals surface area contributed by atoms with Crippen LogP contribution in [0.2, 0.25) is 0 Å². The van der Waals surface area contributed by atoms with Crippen LogP contribution >= 0.6 is 11.6 Å². The molecule has 0 aliphatic heterocycles. The SMILES string of the molecule is Cc1nn(CC2CCCc3ccccc32)c(C)c1CCl. The molecule has 0 N–H and O–H groups in total. The fraction of sp³-hybridized carbons (Fsp3) is 0.471. The molecule has 1 heterocycles. The van der Waals surface area contributed by atoms with E-state index in [2.05, 4.69) is 47.9 Å². The number of halogens is 1. The fourth-order valence-electron chi connectivity index (χ4n) is 3.36. The molecule has 3 rings (SSSR count). The van der Waals surface area contributed by atoms with Crippen LogP contribution in [0.5, 0.6) is 0 Å². The average molecular weight is 289 g/mol. The van der Waals surface area contributed by atoms with Gasteiger partial charge in [0.25, 0.3) is 0 Å². The number of rotatable bonds is 3. The molecule has 0 spiro atoms. The van der Waals surface area contributed by atoms with E-state index >= 15 is 0 Å². The third-order valence-electron chi connectivity index (χ3n) is 4.55. The van der Waals surface area contributed by atoms with Gasteiger partial charge in [0.1, 0.15) is 0 Å². The molecule has 20 heavy (non-hydrogen) atoms. The molecule has 1 aliphatic rings. The standard InChI is InChI=1S/C17H21ClN2/c1-12-17(10-18)13(2)20(19-12)11-15-8-5-7-14-6-3-4-9-16(14)15/h3-4,6,9,15H,5,7-8,10-11H2,1-2H3. The van der Waals surface area contributed by atoms with Gasteiger partial charge in [-0.2, -0.15) is 5.10 Å². The van der Waals surface area contributed by atoms with Gasteiger partial charge in [-0.05, 0) is 44.2 Å². The molecule has 1 unspecified atom stereocenters. The van der Waals surface area contributed by atoms with Crippen LogP contribution in [-0.4, -0.2) is 9.78 Å². The highest BCUT2D eigenvalue weighted by atomic mass is 35.5. The van der Waals surface area contributed by atoms with Crippen molar-refractivity contribution in [1.82, 2.24) is 9.78 Å². The Labute approximate surface area is 125 Å². The molecule has 0 saturated carbocycles. The van der Waals surface area contributed by atoms with E-state index in [1.807, 2.05) is 0 Å². The third-order valence-corrected chi connectivity index (χ3v) is 4.82. The number of aromatic nitrogens is 2. The zero-order chi connectivity index (χ0) is 14.1. The molecule has 0 amide bonds. The summed E-state index contributed by atoms with van der Waals surface area (Å²) >= 11 is 6.02. The van der Waals surface area contributed by atoms with Gasteiger partial charge in [0.2, 0.25) is 0 Å². The number of nitrogens with zero attached hydrogens (tertiary/aromatic N) is 2. The Morgan fingerprint density at radius 3 is 2.85 bits per heavy atom. The lowest BCUT2D eigenvalue weighted by Crippen LogP contribution is -2.17. The third kappa shape index (κ3) is 2.37. The topological polar surface area (TPSA) is 17.8 Å². The number of hydrogen-bond donors (Lipinski definition) is 0. The van der Waals surface area contributed by atoms with Gasteiger partial charge in [0.15, 0.2) is 0 Å². The molecular weight excluding hydrogens is 268 g/mol. The van der Waals surface area contributed by atoms with Gasteiger partial charge in [-0.25, -0.2) is 0 Å². The summed E-state index contributed by atoms with van der Waals surface area (Å²) in [5.74, 6) is 1.14. The molecule has 3 heteroatoms. The average Bonchev–Trinajstić information content (AvgIpc) is 2.73. The summed E-state index contributed by atoms with van der Waals surface area (Å²) in [6.45, 7) is 5.16. The monoisotopic (exact) mass is 288 g/mol. The van der Waals surface area contributed by atoms with Crippen LogP contribution in [-0.2, 0) is 18.8 Å². The second kappa shape index (κ2) is 5.61. The smallest absolute Gasteiger partial charge is 0.0640 e. The van der Waals surface area contributed by atoms with Gasteiger partial charge < -0.3 is 0 Å². The summed E-state index contributed by atoms with van der Waals surface area (Å²) < 4.78 is 2.15. The van der Waals surface area contributed by atoms with E-state index in [1.54, 1.807) is 0 Å². The van der Waals surface area contributed by atoms with Crippen LogP contribution in [0.4, 0.5) is 0 Å². The maximum atomic E-state index is 6.02. The minimum atomic E-state index is 0.554. The highest BCUT2D eigenvalue weighted by molar-refractivity contribution is 6.17. The van der Waals surface area contributed by atoms with Crippen molar-refractivity contribution in [2.45, 2.75) is 51.5 Å². The van der Waals surface area contributed by atoms with E-state index < -0.39 is 0 Å². The van der Waals surface area contributed by atoms with E-state index in [1.165, 1.54) is 41.6 Å². The minimum absolute atomic E-state index is 0.554. The highest BCUT2D eigenvalue weighted by Crippen LogP contribution is 2.33. The van der Waals surface area contributed by atoms with Crippen LogP contribution in [0.25, 0.3) is 0 Å². The Morgan fingerprint density at radius 2 is 2.10 bits per heavy atom. The van der Waals surface area contributed by atoms with Crippen molar-refractivity contribution >= 4 is 11.6 Å². The van der Waals surface area contributed by atoms with E-state index in [9.17, 15) is 0 Å². The van der Waals surface area contributed by atoms with Gasteiger partial charge in [0, 0.05) is 23.7 Å². The first-order chi connectivity index (χ1) is 9.70. The van der Waals surface area contributed by atoms with Crippen LogP contribution in [0.3, 0.4) is 0 Å². The first-order valence-corrected chi connectivity index (χ1v) is 7.90. The number of aryl methyl sites for hydroxylation is 2. The molecule has 2 nitrogen and oxygen atoms in total. The Balaban J connectivity index is 1.89. The first kappa shape index (κ1) is 13.7. The number of fused-ring (bicyclic) bond motifs is 1. The van der Waals surface area contributed by atoms with Crippen LogP contribution in [0, 0.1) is 13.8 Å². The van der Waals surface area contributed by atoms with E-state index in [-0.39, 0.29) is 0 Å². The molecule has 0 bridgehead atoms. The number of benzene rings is 1. The van der Waals surface area contributed by atoms with Gasteiger partial charge >= 0.3 is 0 Å². The molecule has 0 saturated heterocycles. The minimum Gasteiger partial charge on any atom is -0.269 e. The maximum Gasteiger partial charge on any atom is 0.0640 e. The maximum absolute atomic E-state index is 6.02. The van der Waals surface area contributed by atoms with Gasteiger partial charge in [-0.1, -0.05) is 24.3 Å². The lowest BCUT2D eigenvalue weighted by Gasteiger charge is -2.25. The molecular formula is C17H21ClN2. The van der Waals surface area contributed by atoms with Gasteiger partial charge in [-0.15, -0.1) is 11.6 Å². The molecule has 0 fully saturated rings. The second-order valence-corrected chi connectivity index (χ2v) is 6.02. The Morgan fingerprint density at radius 1 is 1.30 bits per heavy atom. The Bertz CT molecular complexity index is 615. The summed E-state index contributed by atoms with van der Waals surface area (Å²) in [5.41, 5.74) is 6.51. The fourth-order valence-corrected chi connectivity index (χ4v) is 3.74. The molecule has 106 valence electrons. The normalized spacial score (nSPS) is 18.1. The van der Waals surface area contributed by atoms with Crippen molar-refractivity contribution in [1.29, 1.82) is 0 Å². The molecule has 1 aromatic heterocycles. The molecule has 2 aromatic rings. The van der Waals surface area contributed by atoms with Gasteiger partial charge in [-0.3, -0.25) is 4.68 Å². The van der Waals surface area contributed by atoms with Crippen molar-refractivity contribution in [3.63, 3.8) is 0 Å².